The van der Waals surface area contributed by atoms with Gasteiger partial charge in [0.1, 0.15) is 11.3 Å². The lowest BCUT2D eigenvalue weighted by molar-refractivity contribution is -0.385. The third-order valence-electron chi connectivity index (χ3n) is 2.92. The average Bonchev–Trinajstić information content (AvgIpc) is 2.54. The van der Waals surface area contributed by atoms with Crippen LogP contribution in [0.25, 0.3) is 0 Å². The molecule has 0 heterocycles. The third-order valence-corrected chi connectivity index (χ3v) is 2.92. The lowest BCUT2D eigenvalue weighted by Gasteiger charge is -2.07. The van der Waals surface area contributed by atoms with Gasteiger partial charge in [-0.15, -0.1) is 0 Å². The van der Waals surface area contributed by atoms with E-state index in [-0.39, 0.29) is 11.3 Å². The molecule has 0 fully saturated rings. The van der Waals surface area contributed by atoms with Gasteiger partial charge in [-0.25, -0.2) is 0 Å². The Morgan fingerprint density at radius 1 is 1.27 bits per heavy atom. The lowest BCUT2D eigenvalue weighted by Crippen LogP contribution is -2.14. The van der Waals surface area contributed by atoms with Gasteiger partial charge in [-0.05, 0) is 36.4 Å². The van der Waals surface area contributed by atoms with E-state index in [1.165, 1.54) is 37.4 Å². The fraction of sp³-hybridized carbons (Fsp3) is 0.0667. The van der Waals surface area contributed by atoms with Crippen LogP contribution in [0.15, 0.2) is 42.5 Å². The van der Waals surface area contributed by atoms with Crippen LogP contribution in [-0.4, -0.2) is 17.9 Å². The van der Waals surface area contributed by atoms with E-state index in [0.29, 0.717) is 17.0 Å². The maximum absolute atomic E-state index is 12.2. The first-order chi connectivity index (χ1) is 10.5. The Morgan fingerprint density at radius 2 is 1.95 bits per heavy atom. The van der Waals surface area contributed by atoms with Gasteiger partial charge in [0.25, 0.3) is 11.6 Å². The largest absolute Gasteiger partial charge is 0.497 e. The second-order valence-corrected chi connectivity index (χ2v) is 4.28. The average molecular weight is 297 g/mol. The van der Waals surface area contributed by atoms with Crippen LogP contribution in [0, 0.1) is 21.4 Å². The minimum atomic E-state index is -0.643. The van der Waals surface area contributed by atoms with Crippen molar-refractivity contribution in [3.05, 3.63) is 63.7 Å². The summed E-state index contributed by atoms with van der Waals surface area (Å²) in [5, 5.41) is 22.3. The normalized spacial score (nSPS) is 9.64. The number of benzene rings is 2. The van der Waals surface area contributed by atoms with Gasteiger partial charge in [0.2, 0.25) is 0 Å². The van der Waals surface area contributed by atoms with Crippen LogP contribution in [0.5, 0.6) is 5.75 Å². The van der Waals surface area contributed by atoms with Crippen molar-refractivity contribution in [2.75, 3.05) is 12.4 Å². The standard InChI is InChI=1S/C15H11N3O4/c1-22-12-6-7-13(14(8-12)18(20)21)15(19)17-11-4-2-10(9-16)3-5-11/h2-8H,1H3,(H,17,19). The molecule has 1 N–H and O–H groups in total. The molecule has 0 spiro atoms. The molecular formula is C15H11N3O4. The summed E-state index contributed by atoms with van der Waals surface area (Å²) >= 11 is 0. The van der Waals surface area contributed by atoms with Crippen LogP contribution in [-0.2, 0) is 0 Å². The first kappa shape index (κ1) is 15.0. The van der Waals surface area contributed by atoms with Crippen molar-refractivity contribution in [2.45, 2.75) is 0 Å². The predicted octanol–water partition coefficient (Wildman–Crippen LogP) is 2.73. The quantitative estimate of drug-likeness (QED) is 0.690. The highest BCUT2D eigenvalue weighted by Crippen LogP contribution is 2.25. The molecule has 0 atom stereocenters. The Kier molecular flexibility index (Phi) is 4.34. The van der Waals surface area contributed by atoms with E-state index in [4.69, 9.17) is 10.00 Å². The van der Waals surface area contributed by atoms with E-state index in [9.17, 15) is 14.9 Å². The van der Waals surface area contributed by atoms with Crippen LogP contribution in [0.3, 0.4) is 0 Å². The molecule has 0 aliphatic rings. The number of carbonyl (C=O) groups excluding carboxylic acids is 1. The number of ether oxygens (including phenoxy) is 1. The molecule has 0 aromatic heterocycles. The number of nitrogens with zero attached hydrogens (tertiary/aromatic N) is 2. The van der Waals surface area contributed by atoms with Crippen molar-refractivity contribution in [2.24, 2.45) is 0 Å². The summed E-state index contributed by atoms with van der Waals surface area (Å²) in [5.74, 6) is -0.319. The number of amides is 1. The van der Waals surface area contributed by atoms with E-state index < -0.39 is 10.8 Å². The van der Waals surface area contributed by atoms with Crippen LogP contribution in [0.2, 0.25) is 0 Å². The molecular weight excluding hydrogens is 286 g/mol. The minimum Gasteiger partial charge on any atom is -0.497 e. The van der Waals surface area contributed by atoms with E-state index >= 15 is 0 Å². The molecule has 0 aliphatic heterocycles. The maximum atomic E-state index is 12.2. The number of rotatable bonds is 4. The molecule has 0 saturated carbocycles. The zero-order valence-electron chi connectivity index (χ0n) is 11.6. The summed E-state index contributed by atoms with van der Waals surface area (Å²) < 4.78 is 4.92. The number of carbonyl (C=O) groups is 1. The Hall–Kier alpha value is -3.40. The van der Waals surface area contributed by atoms with Crippen molar-refractivity contribution >= 4 is 17.3 Å². The molecule has 2 aromatic rings. The molecule has 0 radical (unpaired) electrons. The highest BCUT2D eigenvalue weighted by Gasteiger charge is 2.21. The van der Waals surface area contributed by atoms with Gasteiger partial charge < -0.3 is 10.1 Å². The summed E-state index contributed by atoms with van der Waals surface area (Å²) in [5.41, 5.74) is 0.475. The monoisotopic (exact) mass is 297 g/mol. The molecule has 2 aromatic carbocycles. The molecule has 7 nitrogen and oxygen atoms in total. The fourth-order valence-corrected chi connectivity index (χ4v) is 1.81. The van der Waals surface area contributed by atoms with E-state index in [2.05, 4.69) is 5.32 Å². The van der Waals surface area contributed by atoms with Gasteiger partial charge in [0.05, 0.1) is 29.7 Å². The second kappa shape index (κ2) is 6.37. The number of nitro benzene ring substituents is 1. The van der Waals surface area contributed by atoms with E-state index in [0.717, 1.165) is 0 Å². The summed E-state index contributed by atoms with van der Waals surface area (Å²) in [4.78, 5) is 22.6. The Morgan fingerprint density at radius 3 is 2.50 bits per heavy atom. The van der Waals surface area contributed by atoms with Crippen LogP contribution in [0.4, 0.5) is 11.4 Å². The van der Waals surface area contributed by atoms with Crippen LogP contribution in [0.1, 0.15) is 15.9 Å². The highest BCUT2D eigenvalue weighted by atomic mass is 16.6. The first-order valence-electron chi connectivity index (χ1n) is 6.19. The minimum absolute atomic E-state index is 0.0739. The molecule has 0 unspecified atom stereocenters. The van der Waals surface area contributed by atoms with E-state index in [1.807, 2.05) is 6.07 Å². The lowest BCUT2D eigenvalue weighted by atomic mass is 10.1. The van der Waals surface area contributed by atoms with Gasteiger partial charge in [-0.2, -0.15) is 5.26 Å². The summed E-state index contributed by atoms with van der Waals surface area (Å²) in [6.45, 7) is 0. The highest BCUT2D eigenvalue weighted by molar-refractivity contribution is 6.07. The number of anilines is 1. The molecule has 0 bridgehead atoms. The molecule has 7 heteroatoms. The molecule has 110 valence electrons. The van der Waals surface area contributed by atoms with Crippen molar-refractivity contribution in [1.29, 1.82) is 5.26 Å². The Balaban J connectivity index is 2.28. The third kappa shape index (κ3) is 3.19. The van der Waals surface area contributed by atoms with Crippen molar-refractivity contribution < 1.29 is 14.5 Å². The zero-order valence-corrected chi connectivity index (χ0v) is 11.6. The van der Waals surface area contributed by atoms with Gasteiger partial charge in [0, 0.05) is 5.69 Å². The maximum Gasteiger partial charge on any atom is 0.285 e. The number of hydrogen-bond donors (Lipinski definition) is 1. The van der Waals surface area contributed by atoms with Gasteiger partial charge in [-0.1, -0.05) is 0 Å². The van der Waals surface area contributed by atoms with Crippen LogP contribution < -0.4 is 10.1 Å². The Labute approximate surface area is 125 Å². The van der Waals surface area contributed by atoms with Gasteiger partial charge in [0.15, 0.2) is 0 Å². The van der Waals surface area contributed by atoms with Crippen molar-refractivity contribution in [3.63, 3.8) is 0 Å². The first-order valence-corrected chi connectivity index (χ1v) is 6.19. The topological polar surface area (TPSA) is 105 Å². The van der Waals surface area contributed by atoms with E-state index in [1.54, 1.807) is 12.1 Å². The van der Waals surface area contributed by atoms with Crippen molar-refractivity contribution in [1.82, 2.24) is 0 Å². The molecule has 0 aliphatic carbocycles. The molecule has 2 rings (SSSR count). The van der Waals surface area contributed by atoms with Gasteiger partial charge in [-0.3, -0.25) is 14.9 Å². The number of nitro groups is 1. The molecule has 1 amide bonds. The molecule has 22 heavy (non-hydrogen) atoms. The Bertz CT molecular complexity index is 763. The van der Waals surface area contributed by atoms with Crippen LogP contribution >= 0.6 is 0 Å². The predicted molar refractivity (Wildman–Crippen MR) is 78.8 cm³/mol. The number of nitriles is 1. The summed E-state index contributed by atoms with van der Waals surface area (Å²) in [7, 11) is 1.38. The van der Waals surface area contributed by atoms with Gasteiger partial charge >= 0.3 is 0 Å². The SMILES string of the molecule is COc1ccc(C(=O)Nc2ccc(C#N)cc2)c([N+](=O)[O-])c1. The smallest absolute Gasteiger partial charge is 0.285 e. The fourth-order valence-electron chi connectivity index (χ4n) is 1.81. The second-order valence-electron chi connectivity index (χ2n) is 4.28. The zero-order chi connectivity index (χ0) is 16.1. The number of hydrogen-bond acceptors (Lipinski definition) is 5. The summed E-state index contributed by atoms with van der Waals surface area (Å²) in [6, 6.07) is 12.1. The summed E-state index contributed by atoms with van der Waals surface area (Å²) in [6.07, 6.45) is 0. The number of methoxy groups -OCH3 is 1. The van der Waals surface area contributed by atoms with Crippen molar-refractivity contribution in [3.8, 4) is 11.8 Å². The number of nitrogens with one attached hydrogen (secondary N) is 1. The molecule has 0 saturated heterocycles.